The van der Waals surface area contributed by atoms with Crippen molar-refractivity contribution in [2.24, 2.45) is 5.92 Å². The average Bonchev–Trinajstić information content (AvgIpc) is 3.35. The summed E-state index contributed by atoms with van der Waals surface area (Å²) in [6.45, 7) is 3.03. The van der Waals surface area contributed by atoms with Crippen LogP contribution in [0.1, 0.15) is 49.3 Å². The molecule has 3 heterocycles. The average molecular weight is 536 g/mol. The maximum absolute atomic E-state index is 12.7. The molecule has 2 saturated heterocycles. The number of aromatic amines is 1. The van der Waals surface area contributed by atoms with Gasteiger partial charge in [-0.3, -0.25) is 10.3 Å². The molecule has 2 fully saturated rings. The maximum atomic E-state index is 12.7. The summed E-state index contributed by atoms with van der Waals surface area (Å²) in [6, 6.07) is 10.4. The number of H-pyrrole nitrogens is 1. The number of hydrogen-bond acceptors (Lipinski definition) is 7. The number of anilines is 1. The lowest BCUT2D eigenvalue weighted by atomic mass is 9.89. The molecule has 1 aromatic carbocycles. The summed E-state index contributed by atoms with van der Waals surface area (Å²) in [5.74, 6) is 1.38. The number of rotatable bonds is 8. The van der Waals surface area contributed by atoms with Crippen molar-refractivity contribution in [2.75, 3.05) is 38.5 Å². The Hall–Kier alpha value is -3.55. The third-order valence-electron chi connectivity index (χ3n) is 7.90. The first kappa shape index (κ1) is 27.0. The zero-order valence-electron chi connectivity index (χ0n) is 21.9. The van der Waals surface area contributed by atoms with Gasteiger partial charge < -0.3 is 20.8 Å². The zero-order chi connectivity index (χ0) is 27.4. The highest BCUT2D eigenvalue weighted by molar-refractivity contribution is 6.12. The molecule has 2 aliphatic heterocycles. The third-order valence-corrected chi connectivity index (χ3v) is 7.90. The number of likely N-dealkylation sites (tertiary alicyclic amines) is 1. The number of nitrogens with zero attached hydrogens (tertiary/aromatic N) is 3. The van der Waals surface area contributed by atoms with Crippen molar-refractivity contribution < 1.29 is 13.5 Å². The Morgan fingerprint density at radius 1 is 1.15 bits per heavy atom. The lowest BCUT2D eigenvalue weighted by Gasteiger charge is -2.31. The lowest BCUT2D eigenvalue weighted by molar-refractivity contribution is 0.0743. The van der Waals surface area contributed by atoms with E-state index in [1.54, 1.807) is 0 Å². The van der Waals surface area contributed by atoms with Gasteiger partial charge in [0.05, 0.1) is 18.3 Å². The smallest absolute Gasteiger partial charge is 0.251 e. The lowest BCUT2D eigenvalue weighted by Crippen LogP contribution is -2.36. The van der Waals surface area contributed by atoms with Gasteiger partial charge in [0.1, 0.15) is 29.3 Å². The van der Waals surface area contributed by atoms with Crippen molar-refractivity contribution >= 4 is 11.5 Å². The first-order chi connectivity index (χ1) is 18.9. The molecular weight excluding hydrogens is 500 g/mol. The number of alkyl halides is 2. The monoisotopic (exact) mass is 535 g/mol. The SMILES string of the molecule is N#CC1CC(C(=N)c2[nH]c(-c3ccc(C4CCN(CC(F)F)CC4)cc3)nc2N)=CC=C1OC1CCNCC1. The number of nitriles is 1. The van der Waals surface area contributed by atoms with Crippen molar-refractivity contribution in [3.05, 3.63) is 59.0 Å². The van der Waals surface area contributed by atoms with Crippen LogP contribution in [0.15, 0.2) is 47.7 Å². The second-order valence-electron chi connectivity index (χ2n) is 10.5. The van der Waals surface area contributed by atoms with Crippen molar-refractivity contribution in [2.45, 2.75) is 50.6 Å². The molecule has 39 heavy (non-hydrogen) atoms. The van der Waals surface area contributed by atoms with Crippen LogP contribution in [0.4, 0.5) is 14.6 Å². The molecule has 1 unspecified atom stereocenters. The Morgan fingerprint density at radius 2 is 1.87 bits per heavy atom. The molecular formula is C29H35F2N7O. The van der Waals surface area contributed by atoms with Gasteiger partial charge in [0.15, 0.2) is 5.82 Å². The molecule has 5 rings (SSSR count). The van der Waals surface area contributed by atoms with Crippen LogP contribution in [-0.4, -0.2) is 65.8 Å². The van der Waals surface area contributed by atoms with E-state index in [-0.39, 0.29) is 24.2 Å². The van der Waals surface area contributed by atoms with Crippen LogP contribution in [0.3, 0.4) is 0 Å². The topological polar surface area (TPSA) is 127 Å². The number of nitrogens with two attached hydrogens (primary N) is 1. The number of aromatic nitrogens is 2. The quantitative estimate of drug-likeness (QED) is 0.366. The van der Waals surface area contributed by atoms with Gasteiger partial charge >= 0.3 is 0 Å². The number of nitrogens with one attached hydrogen (secondary N) is 3. The third kappa shape index (κ3) is 6.37. The highest BCUT2D eigenvalue weighted by Gasteiger charge is 2.28. The summed E-state index contributed by atoms with van der Waals surface area (Å²) in [6.07, 6.45) is 5.40. The number of hydrogen-bond donors (Lipinski definition) is 4. The Kier molecular flexibility index (Phi) is 8.38. The predicted octanol–water partition coefficient (Wildman–Crippen LogP) is 4.59. The Labute approximate surface area is 227 Å². The van der Waals surface area contributed by atoms with Crippen LogP contribution in [0.2, 0.25) is 0 Å². The minimum atomic E-state index is -2.29. The molecule has 10 heteroatoms. The van der Waals surface area contributed by atoms with Gasteiger partial charge in [0.2, 0.25) is 0 Å². The molecule has 5 N–H and O–H groups in total. The summed E-state index contributed by atoms with van der Waals surface area (Å²) in [5.41, 5.74) is 9.61. The maximum Gasteiger partial charge on any atom is 0.251 e. The first-order valence-electron chi connectivity index (χ1n) is 13.6. The van der Waals surface area contributed by atoms with Crippen LogP contribution in [0, 0.1) is 22.7 Å². The number of allylic oxidation sites excluding steroid dienone is 4. The summed E-state index contributed by atoms with van der Waals surface area (Å²) in [5, 5.41) is 21.9. The van der Waals surface area contributed by atoms with E-state index in [9.17, 15) is 14.0 Å². The van der Waals surface area contributed by atoms with E-state index in [4.69, 9.17) is 15.9 Å². The number of ether oxygens (including phenoxy) is 1. The van der Waals surface area contributed by atoms with Crippen molar-refractivity contribution in [1.29, 1.82) is 10.7 Å². The van der Waals surface area contributed by atoms with E-state index in [0.717, 1.165) is 44.3 Å². The number of halogens is 2. The molecule has 0 spiro atoms. The van der Waals surface area contributed by atoms with Crippen molar-refractivity contribution in [3.63, 3.8) is 0 Å². The van der Waals surface area contributed by atoms with Crippen LogP contribution < -0.4 is 11.1 Å². The van der Waals surface area contributed by atoms with Crippen LogP contribution in [0.25, 0.3) is 11.4 Å². The van der Waals surface area contributed by atoms with E-state index in [2.05, 4.69) is 33.5 Å². The van der Waals surface area contributed by atoms with Gasteiger partial charge in [-0.25, -0.2) is 13.8 Å². The second-order valence-corrected chi connectivity index (χ2v) is 10.5. The minimum Gasteiger partial charge on any atom is -0.493 e. The van der Waals surface area contributed by atoms with Crippen LogP contribution in [0.5, 0.6) is 0 Å². The number of nitrogen functional groups attached to an aromatic ring is 1. The second kappa shape index (κ2) is 12.1. The number of imidazole rings is 1. The molecule has 0 saturated carbocycles. The molecule has 8 nitrogen and oxygen atoms in total. The van der Waals surface area contributed by atoms with Crippen LogP contribution in [-0.2, 0) is 4.74 Å². The Morgan fingerprint density at radius 3 is 2.54 bits per heavy atom. The highest BCUT2D eigenvalue weighted by Crippen LogP contribution is 2.32. The number of benzene rings is 1. The summed E-state index contributed by atoms with van der Waals surface area (Å²) >= 11 is 0. The molecule has 206 valence electrons. The summed E-state index contributed by atoms with van der Waals surface area (Å²) in [7, 11) is 0. The van der Waals surface area contributed by atoms with Gasteiger partial charge in [0.25, 0.3) is 6.43 Å². The summed E-state index contributed by atoms with van der Waals surface area (Å²) in [4.78, 5) is 9.51. The highest BCUT2D eigenvalue weighted by atomic mass is 19.3. The molecule has 1 aliphatic carbocycles. The first-order valence-corrected chi connectivity index (χ1v) is 13.6. The minimum absolute atomic E-state index is 0.109. The molecule has 0 amide bonds. The molecule has 1 atom stereocenters. The van der Waals surface area contributed by atoms with Crippen molar-refractivity contribution in [3.8, 4) is 17.5 Å². The van der Waals surface area contributed by atoms with Crippen molar-refractivity contribution in [1.82, 2.24) is 20.2 Å². The van der Waals surface area contributed by atoms with E-state index in [1.165, 1.54) is 5.56 Å². The van der Waals surface area contributed by atoms with E-state index >= 15 is 0 Å². The zero-order valence-corrected chi connectivity index (χ0v) is 21.9. The fourth-order valence-corrected chi connectivity index (χ4v) is 5.64. The Bertz CT molecular complexity index is 1260. The van der Waals surface area contributed by atoms with Gasteiger partial charge in [-0.05, 0) is 81.4 Å². The molecule has 2 aromatic rings. The van der Waals surface area contributed by atoms with E-state index in [1.807, 2.05) is 29.2 Å². The molecule has 0 bridgehead atoms. The number of piperidine rings is 2. The van der Waals surface area contributed by atoms with E-state index < -0.39 is 12.3 Å². The van der Waals surface area contributed by atoms with Crippen LogP contribution >= 0.6 is 0 Å². The fourth-order valence-electron chi connectivity index (χ4n) is 5.64. The normalized spacial score (nSPS) is 21.3. The van der Waals surface area contributed by atoms with Gasteiger partial charge in [-0.2, -0.15) is 5.26 Å². The van der Waals surface area contributed by atoms with Gasteiger partial charge in [-0.15, -0.1) is 0 Å². The molecule has 0 radical (unpaired) electrons. The van der Waals surface area contributed by atoms with E-state index in [0.29, 0.717) is 48.3 Å². The Balaban J connectivity index is 1.25. The molecule has 1 aromatic heterocycles. The fraction of sp³-hybridized carbons (Fsp3) is 0.483. The predicted molar refractivity (Wildman–Crippen MR) is 147 cm³/mol. The summed E-state index contributed by atoms with van der Waals surface area (Å²) < 4.78 is 31.5. The van der Waals surface area contributed by atoms with Gasteiger partial charge in [-0.1, -0.05) is 30.3 Å². The standard InChI is InChI=1S/C29H35F2N7O/c30-25(31)17-38-13-9-19(10-14-38)18-1-3-20(4-2-18)29-36-27(28(34)37-29)26(33)21-5-6-24(22(15-21)16-32)39-23-7-11-35-12-8-23/h1-6,19,22-23,25,33,35H,7-15,17,34H2,(H,36,37). The van der Waals surface area contributed by atoms with Gasteiger partial charge in [0, 0.05) is 5.56 Å². The largest absolute Gasteiger partial charge is 0.493 e. The molecule has 3 aliphatic rings.